The third-order valence-electron chi connectivity index (χ3n) is 11.9. The van der Waals surface area contributed by atoms with Crippen molar-refractivity contribution in [3.8, 4) is 23.4 Å². The van der Waals surface area contributed by atoms with E-state index in [4.69, 9.17) is 18.8 Å². The Labute approximate surface area is 380 Å². The molecule has 0 fully saturated rings. The number of nitriles is 2. The summed E-state index contributed by atoms with van der Waals surface area (Å²) in [4.78, 5) is 18.7. The molecule has 0 atom stereocenters. The van der Waals surface area contributed by atoms with Gasteiger partial charge in [0.15, 0.2) is 22.5 Å². The first-order valence-electron chi connectivity index (χ1n) is 21.5. The average Bonchev–Trinajstić information content (AvgIpc) is 4.14. The lowest BCUT2D eigenvalue weighted by atomic mass is 9.50. The van der Waals surface area contributed by atoms with Gasteiger partial charge in [-0.15, -0.1) is 0 Å². The number of rotatable bonds is 10. The van der Waals surface area contributed by atoms with Crippen LogP contribution in [0.2, 0.25) is 0 Å². The minimum absolute atomic E-state index is 0.113. The van der Waals surface area contributed by atoms with Crippen molar-refractivity contribution in [1.82, 2.24) is 28.9 Å². The normalized spacial score (nSPS) is 12.2. The van der Waals surface area contributed by atoms with Crippen LogP contribution in [0.4, 0.5) is 0 Å². The van der Waals surface area contributed by atoms with Gasteiger partial charge >= 0.3 is 6.85 Å². The zero-order valence-corrected chi connectivity index (χ0v) is 35.6. The largest absolute Gasteiger partial charge is 0.434 e. The highest BCUT2D eigenvalue weighted by molar-refractivity contribution is 6.84. The first-order valence-corrected chi connectivity index (χ1v) is 21.5. The topological polar surface area (TPSA) is 135 Å². The third-order valence-corrected chi connectivity index (χ3v) is 11.9. The Bertz CT molecular complexity index is 3710. The maximum absolute atomic E-state index is 11.8. The van der Waals surface area contributed by atoms with E-state index in [9.17, 15) is 10.5 Å². The number of fused-ring (bicyclic) bond motifs is 3. The van der Waals surface area contributed by atoms with Gasteiger partial charge in [0, 0.05) is 46.5 Å². The molecule has 0 saturated carbocycles. The zero-order valence-electron chi connectivity index (χ0n) is 35.6. The van der Waals surface area contributed by atoms with E-state index in [1.807, 2.05) is 104 Å². The van der Waals surface area contributed by atoms with Crippen molar-refractivity contribution >= 4 is 75.0 Å². The van der Waals surface area contributed by atoms with Gasteiger partial charge in [-0.25, -0.2) is 9.97 Å². The van der Waals surface area contributed by atoms with Crippen molar-refractivity contribution in [1.29, 1.82) is 10.5 Å². The van der Waals surface area contributed by atoms with Gasteiger partial charge in [-0.1, -0.05) is 162 Å². The third kappa shape index (κ3) is 6.94. The number of aromatic nitrogens is 6. The standard InChI is InChI=1S/C54H35B2N8O2/c1-35-18-14-15-27-40(35)49-47-46(50(42(34-58)54-62-52-45(66-54)29-17-31-60-52)64(49)56(38-23-10-4-11-24-38)39-25-12-5-13-26-39)43(32-36-19-6-2-7-20-36)63(55-37-21-8-3-9-22-37)48(47)41(33-57)53-61-51-44(65-53)28-16-30-59-51/h2-31H,32H2,1H3/b48-41-,50-42-. The van der Waals surface area contributed by atoms with Crippen molar-refractivity contribution < 1.29 is 8.83 Å². The summed E-state index contributed by atoms with van der Waals surface area (Å²) in [5.41, 5.74) is 9.31. The number of nitrogens with zero attached hydrogens (tertiary/aromatic N) is 8. The van der Waals surface area contributed by atoms with Gasteiger partial charge in [-0.2, -0.15) is 20.5 Å². The monoisotopic (exact) mass is 849 g/mol. The van der Waals surface area contributed by atoms with E-state index in [0.717, 1.165) is 49.9 Å². The molecule has 0 unspecified atom stereocenters. The van der Waals surface area contributed by atoms with Crippen molar-refractivity contribution in [3.05, 3.63) is 222 Å². The number of pyridine rings is 2. The first-order chi connectivity index (χ1) is 32.6. The van der Waals surface area contributed by atoms with E-state index in [-0.39, 0.29) is 22.9 Å². The molecule has 10 nitrogen and oxygen atoms in total. The lowest BCUT2D eigenvalue weighted by molar-refractivity contribution is 0.585. The van der Waals surface area contributed by atoms with E-state index in [1.165, 1.54) is 0 Å². The zero-order chi connectivity index (χ0) is 44.6. The van der Waals surface area contributed by atoms with Gasteiger partial charge in [0.05, 0.1) is 10.7 Å². The maximum atomic E-state index is 11.8. The molecule has 12 heteroatoms. The molecule has 11 rings (SSSR count). The number of benzene rings is 5. The minimum Gasteiger partial charge on any atom is -0.434 e. The molecule has 0 spiro atoms. The molecular formula is C54H35B2N8O2. The van der Waals surface area contributed by atoms with Crippen LogP contribution in [-0.4, -0.2) is 43.2 Å². The molecule has 6 aromatic heterocycles. The lowest BCUT2D eigenvalue weighted by Crippen LogP contribution is -2.53. The highest BCUT2D eigenvalue weighted by Crippen LogP contribution is 2.34. The fourth-order valence-corrected chi connectivity index (χ4v) is 9.04. The van der Waals surface area contributed by atoms with Crippen LogP contribution >= 0.6 is 0 Å². The van der Waals surface area contributed by atoms with Crippen LogP contribution in [0.25, 0.3) is 55.6 Å². The summed E-state index contributed by atoms with van der Waals surface area (Å²) >= 11 is 0. The molecule has 0 aliphatic heterocycles. The Morgan fingerprint density at radius 2 is 1.11 bits per heavy atom. The number of oxazole rings is 2. The second-order valence-electron chi connectivity index (χ2n) is 15.9. The van der Waals surface area contributed by atoms with E-state index < -0.39 is 6.85 Å². The van der Waals surface area contributed by atoms with Crippen LogP contribution in [0.1, 0.15) is 28.6 Å². The van der Waals surface area contributed by atoms with Gasteiger partial charge in [-0.3, -0.25) is 0 Å². The van der Waals surface area contributed by atoms with Gasteiger partial charge < -0.3 is 17.8 Å². The van der Waals surface area contributed by atoms with Crippen molar-refractivity contribution in [3.63, 3.8) is 0 Å². The molecule has 11 aromatic rings. The summed E-state index contributed by atoms with van der Waals surface area (Å²) in [6.07, 6.45) is 3.71. The lowest BCUT2D eigenvalue weighted by Gasteiger charge is -2.23. The summed E-state index contributed by atoms with van der Waals surface area (Å²) in [6.45, 7) is 1.57. The molecule has 0 amide bonds. The molecule has 6 heterocycles. The molecule has 0 N–H and O–H groups in total. The van der Waals surface area contributed by atoms with Crippen LogP contribution in [-0.2, 0) is 6.42 Å². The number of hydrogen-bond acceptors (Lipinski definition) is 8. The van der Waals surface area contributed by atoms with Crippen LogP contribution in [0, 0.1) is 29.6 Å². The van der Waals surface area contributed by atoms with Gasteiger partial charge in [0.25, 0.3) is 7.41 Å². The van der Waals surface area contributed by atoms with Gasteiger partial charge in [0.1, 0.15) is 23.3 Å². The highest BCUT2D eigenvalue weighted by atomic mass is 16.4. The van der Waals surface area contributed by atoms with Crippen LogP contribution in [0.3, 0.4) is 0 Å². The molecule has 66 heavy (non-hydrogen) atoms. The summed E-state index contributed by atoms with van der Waals surface area (Å²) in [7, 11) is 2.04. The van der Waals surface area contributed by atoms with E-state index in [1.54, 1.807) is 36.7 Å². The molecule has 309 valence electrons. The number of hydrogen-bond donors (Lipinski definition) is 0. The minimum atomic E-state index is -0.515. The summed E-state index contributed by atoms with van der Waals surface area (Å²) in [5, 5.41) is 26.0. The Hall–Kier alpha value is -8.99. The molecule has 0 aliphatic carbocycles. The second kappa shape index (κ2) is 16.9. The van der Waals surface area contributed by atoms with Crippen molar-refractivity contribution in [2.75, 3.05) is 0 Å². The molecular weight excluding hydrogens is 814 g/mol. The Balaban J connectivity index is 1.47. The fourth-order valence-electron chi connectivity index (χ4n) is 9.04. The quantitative estimate of drug-likeness (QED) is 0.135. The van der Waals surface area contributed by atoms with Crippen molar-refractivity contribution in [2.24, 2.45) is 0 Å². The van der Waals surface area contributed by atoms with Crippen LogP contribution < -0.4 is 27.1 Å². The Morgan fingerprint density at radius 3 is 1.65 bits per heavy atom. The highest BCUT2D eigenvalue weighted by Gasteiger charge is 2.35. The van der Waals surface area contributed by atoms with Crippen LogP contribution in [0.15, 0.2) is 191 Å². The SMILES string of the molecule is Cc1ccccc1-c1c2/c(=C(\C#N)c3nc4ncccc4o3)n([B]c3ccccc3)c(Cc3ccccc3)c2/c(=C(\C#N)c2nc3ncccc3o2)n1B(c1ccccc1)c1ccccc1. The fraction of sp³-hybridized carbons (Fsp3) is 0.0370. The van der Waals surface area contributed by atoms with Gasteiger partial charge in [0.2, 0.25) is 11.8 Å². The molecule has 5 aromatic carbocycles. The second-order valence-corrected chi connectivity index (χ2v) is 15.9. The van der Waals surface area contributed by atoms with E-state index in [2.05, 4.69) is 86.5 Å². The predicted molar refractivity (Wildman–Crippen MR) is 259 cm³/mol. The first kappa shape index (κ1) is 39.8. The van der Waals surface area contributed by atoms with Gasteiger partial charge in [-0.05, 0) is 42.3 Å². The van der Waals surface area contributed by atoms with E-state index in [0.29, 0.717) is 45.0 Å². The Morgan fingerprint density at radius 1 is 0.591 bits per heavy atom. The Kier molecular flexibility index (Phi) is 10.2. The molecule has 1 radical (unpaired) electrons. The summed E-state index contributed by atoms with van der Waals surface area (Å²) < 4.78 is 17.3. The molecule has 0 aliphatic rings. The van der Waals surface area contributed by atoms with E-state index >= 15 is 0 Å². The smallest absolute Gasteiger partial charge is 0.328 e. The van der Waals surface area contributed by atoms with Crippen molar-refractivity contribution in [2.45, 2.75) is 13.3 Å². The maximum Gasteiger partial charge on any atom is 0.328 e. The summed E-state index contributed by atoms with van der Waals surface area (Å²) in [5.74, 6) is 0.228. The molecule has 0 saturated heterocycles. The number of aryl methyl sites for hydroxylation is 1. The molecule has 0 bridgehead atoms. The average molecular weight is 850 g/mol. The predicted octanol–water partition coefficient (Wildman–Crippen LogP) is 6.97. The van der Waals surface area contributed by atoms with Crippen LogP contribution in [0.5, 0.6) is 0 Å². The summed E-state index contributed by atoms with van der Waals surface area (Å²) in [6, 6.07) is 61.3.